The van der Waals surface area contributed by atoms with Crippen LogP contribution in [-0.2, 0) is 7.05 Å². The molecule has 1 atom stereocenters. The predicted octanol–water partition coefficient (Wildman–Crippen LogP) is 1.28. The molecule has 3 rings (SSSR count). The Hall–Kier alpha value is -0.830. The Morgan fingerprint density at radius 2 is 2.43 bits per heavy atom. The van der Waals surface area contributed by atoms with Gasteiger partial charge >= 0.3 is 0 Å². The lowest BCUT2D eigenvalue weighted by atomic mass is 9.62. The van der Waals surface area contributed by atoms with Crippen molar-refractivity contribution in [2.75, 3.05) is 13.1 Å². The van der Waals surface area contributed by atoms with E-state index in [4.69, 9.17) is 0 Å². The molecule has 1 N–H and O–H groups in total. The van der Waals surface area contributed by atoms with Crippen molar-refractivity contribution in [1.82, 2.24) is 15.1 Å². The minimum atomic E-state index is 0.577. The molecular weight excluding hydrogens is 174 g/mol. The fourth-order valence-electron chi connectivity index (χ4n) is 3.11. The molecule has 76 valence electrons. The summed E-state index contributed by atoms with van der Waals surface area (Å²) < 4.78 is 2.04. The summed E-state index contributed by atoms with van der Waals surface area (Å²) in [6.07, 6.45) is 6.13. The van der Waals surface area contributed by atoms with E-state index in [1.807, 2.05) is 10.9 Å². The van der Waals surface area contributed by atoms with Gasteiger partial charge in [-0.1, -0.05) is 6.42 Å². The first-order valence-electron chi connectivity index (χ1n) is 5.50. The van der Waals surface area contributed by atoms with E-state index in [9.17, 15) is 0 Å². The standard InChI is InChI=1S/C11H17N3/c1-14-10(3-6-13-14)9-7-12-8-11(9)4-2-5-11/h3,6,9,12H,2,4-5,7-8H2,1H3. The third-order valence-corrected chi connectivity index (χ3v) is 4.13. The van der Waals surface area contributed by atoms with E-state index < -0.39 is 0 Å². The summed E-state index contributed by atoms with van der Waals surface area (Å²) in [6.45, 7) is 2.35. The number of aryl methyl sites for hydroxylation is 1. The molecule has 0 radical (unpaired) electrons. The molecule has 1 aromatic heterocycles. The highest BCUT2D eigenvalue weighted by atomic mass is 15.3. The summed E-state index contributed by atoms with van der Waals surface area (Å²) in [5.74, 6) is 0.698. The zero-order valence-electron chi connectivity index (χ0n) is 8.66. The van der Waals surface area contributed by atoms with Crippen LogP contribution in [0.3, 0.4) is 0 Å². The molecule has 0 bridgehead atoms. The molecule has 1 aliphatic heterocycles. The zero-order valence-corrected chi connectivity index (χ0v) is 8.66. The van der Waals surface area contributed by atoms with Gasteiger partial charge in [0, 0.05) is 37.9 Å². The molecule has 2 aliphatic rings. The van der Waals surface area contributed by atoms with Gasteiger partial charge in [0.2, 0.25) is 0 Å². The number of rotatable bonds is 1. The maximum atomic E-state index is 4.27. The summed E-state index contributed by atoms with van der Waals surface area (Å²) in [4.78, 5) is 0. The molecule has 1 aliphatic carbocycles. The highest BCUT2D eigenvalue weighted by molar-refractivity contribution is 5.19. The molecule has 3 nitrogen and oxygen atoms in total. The molecule has 3 heteroatoms. The van der Waals surface area contributed by atoms with Gasteiger partial charge in [-0.25, -0.2) is 0 Å². The minimum Gasteiger partial charge on any atom is -0.315 e. The van der Waals surface area contributed by atoms with Crippen molar-refractivity contribution < 1.29 is 0 Å². The Bertz CT molecular complexity index is 338. The van der Waals surface area contributed by atoms with E-state index in [1.165, 1.54) is 31.5 Å². The molecule has 1 saturated heterocycles. The normalized spacial score (nSPS) is 29.4. The number of nitrogens with one attached hydrogen (secondary N) is 1. The molecule has 1 unspecified atom stereocenters. The highest BCUT2D eigenvalue weighted by Gasteiger charge is 2.48. The topological polar surface area (TPSA) is 29.9 Å². The quantitative estimate of drug-likeness (QED) is 0.724. The predicted molar refractivity (Wildman–Crippen MR) is 55.1 cm³/mol. The van der Waals surface area contributed by atoms with Crippen molar-refractivity contribution in [2.24, 2.45) is 12.5 Å². The van der Waals surface area contributed by atoms with Gasteiger partial charge in [0.25, 0.3) is 0 Å². The molecule has 1 spiro atoms. The van der Waals surface area contributed by atoms with Crippen LogP contribution >= 0.6 is 0 Å². The average molecular weight is 191 g/mol. The second-order valence-electron chi connectivity index (χ2n) is 4.78. The first-order chi connectivity index (χ1) is 6.82. The van der Waals surface area contributed by atoms with Gasteiger partial charge in [0.15, 0.2) is 0 Å². The highest BCUT2D eigenvalue weighted by Crippen LogP contribution is 2.53. The number of nitrogens with zero attached hydrogens (tertiary/aromatic N) is 2. The molecule has 2 fully saturated rings. The van der Waals surface area contributed by atoms with E-state index >= 15 is 0 Å². The lowest BCUT2D eigenvalue weighted by molar-refractivity contribution is 0.133. The van der Waals surface area contributed by atoms with Crippen molar-refractivity contribution in [1.29, 1.82) is 0 Å². The maximum Gasteiger partial charge on any atom is 0.0492 e. The van der Waals surface area contributed by atoms with Crippen LogP contribution < -0.4 is 5.32 Å². The minimum absolute atomic E-state index is 0.577. The number of hydrogen-bond donors (Lipinski definition) is 1. The van der Waals surface area contributed by atoms with Crippen molar-refractivity contribution in [3.05, 3.63) is 18.0 Å². The van der Waals surface area contributed by atoms with Crippen molar-refractivity contribution in [3.8, 4) is 0 Å². The summed E-state index contributed by atoms with van der Waals surface area (Å²) >= 11 is 0. The molecule has 2 heterocycles. The molecular formula is C11H17N3. The van der Waals surface area contributed by atoms with Crippen LogP contribution in [0.4, 0.5) is 0 Å². The Kier molecular flexibility index (Phi) is 1.71. The lowest BCUT2D eigenvalue weighted by Crippen LogP contribution is -2.36. The van der Waals surface area contributed by atoms with Crippen molar-refractivity contribution in [2.45, 2.75) is 25.2 Å². The molecule has 0 aromatic carbocycles. The Morgan fingerprint density at radius 3 is 3.00 bits per heavy atom. The van der Waals surface area contributed by atoms with Crippen LogP contribution in [0.2, 0.25) is 0 Å². The Labute approximate surface area is 84.5 Å². The fraction of sp³-hybridized carbons (Fsp3) is 0.727. The third kappa shape index (κ3) is 0.989. The van der Waals surface area contributed by atoms with Crippen LogP contribution in [0.1, 0.15) is 30.9 Å². The Balaban J connectivity index is 1.94. The van der Waals surface area contributed by atoms with Crippen LogP contribution in [0.15, 0.2) is 12.3 Å². The second-order valence-corrected chi connectivity index (χ2v) is 4.78. The van der Waals surface area contributed by atoms with E-state index in [0.717, 1.165) is 6.54 Å². The molecule has 1 saturated carbocycles. The van der Waals surface area contributed by atoms with E-state index in [-0.39, 0.29) is 0 Å². The van der Waals surface area contributed by atoms with Gasteiger partial charge in [-0.3, -0.25) is 4.68 Å². The van der Waals surface area contributed by atoms with Crippen LogP contribution in [0.5, 0.6) is 0 Å². The van der Waals surface area contributed by atoms with Gasteiger partial charge in [-0.15, -0.1) is 0 Å². The smallest absolute Gasteiger partial charge is 0.0492 e. The monoisotopic (exact) mass is 191 g/mol. The summed E-state index contributed by atoms with van der Waals surface area (Å²) in [6, 6.07) is 2.18. The van der Waals surface area contributed by atoms with Crippen molar-refractivity contribution >= 4 is 0 Å². The number of hydrogen-bond acceptors (Lipinski definition) is 2. The molecule has 1 aromatic rings. The van der Waals surface area contributed by atoms with Gasteiger partial charge in [0.1, 0.15) is 0 Å². The maximum absolute atomic E-state index is 4.27. The first-order valence-corrected chi connectivity index (χ1v) is 5.50. The Morgan fingerprint density at radius 1 is 1.57 bits per heavy atom. The van der Waals surface area contributed by atoms with Gasteiger partial charge in [-0.2, -0.15) is 5.10 Å². The van der Waals surface area contributed by atoms with Crippen LogP contribution in [0.25, 0.3) is 0 Å². The van der Waals surface area contributed by atoms with Crippen LogP contribution in [-0.4, -0.2) is 22.9 Å². The first kappa shape index (κ1) is 8.48. The van der Waals surface area contributed by atoms with E-state index in [2.05, 4.69) is 23.5 Å². The summed E-state index contributed by atoms with van der Waals surface area (Å²) in [7, 11) is 2.06. The van der Waals surface area contributed by atoms with E-state index in [0.29, 0.717) is 11.3 Å². The van der Waals surface area contributed by atoms with Gasteiger partial charge < -0.3 is 5.32 Å². The third-order valence-electron chi connectivity index (χ3n) is 4.13. The molecule has 14 heavy (non-hydrogen) atoms. The van der Waals surface area contributed by atoms with Crippen molar-refractivity contribution in [3.63, 3.8) is 0 Å². The van der Waals surface area contributed by atoms with Crippen LogP contribution in [0, 0.1) is 5.41 Å². The average Bonchev–Trinajstić information content (AvgIpc) is 2.67. The van der Waals surface area contributed by atoms with E-state index in [1.54, 1.807) is 0 Å². The number of aromatic nitrogens is 2. The lowest BCUT2D eigenvalue weighted by Gasteiger charge is -2.42. The van der Waals surface area contributed by atoms with Gasteiger partial charge in [0.05, 0.1) is 0 Å². The second kappa shape index (κ2) is 2.83. The largest absolute Gasteiger partial charge is 0.315 e. The zero-order chi connectivity index (χ0) is 9.60. The fourth-order valence-corrected chi connectivity index (χ4v) is 3.11. The summed E-state index contributed by atoms with van der Waals surface area (Å²) in [5, 5.41) is 7.81. The molecule has 0 amide bonds. The SMILES string of the molecule is Cn1nccc1C1CNCC12CCC2. The summed E-state index contributed by atoms with van der Waals surface area (Å²) in [5.41, 5.74) is 1.99. The van der Waals surface area contributed by atoms with Gasteiger partial charge in [-0.05, 0) is 24.3 Å².